The van der Waals surface area contributed by atoms with E-state index in [0.717, 1.165) is 0 Å². The number of carbonyl (C=O) groups is 1. The van der Waals surface area contributed by atoms with Gasteiger partial charge in [-0.2, -0.15) is 0 Å². The van der Waals surface area contributed by atoms with Gasteiger partial charge in [-0.3, -0.25) is 0 Å². The number of esters is 1. The molecule has 5 nitrogen and oxygen atoms in total. The summed E-state index contributed by atoms with van der Waals surface area (Å²) in [5.41, 5.74) is -2.49. The van der Waals surface area contributed by atoms with Gasteiger partial charge in [0.2, 0.25) is 0 Å². The van der Waals surface area contributed by atoms with Crippen molar-refractivity contribution in [1.82, 2.24) is 0 Å². The summed E-state index contributed by atoms with van der Waals surface area (Å²) in [5.74, 6) is -1.23. The summed E-state index contributed by atoms with van der Waals surface area (Å²) in [6.07, 6.45) is 0. The summed E-state index contributed by atoms with van der Waals surface area (Å²) in [7, 11) is 0. The molecular weight excluding hydrogens is 498 g/mol. The van der Waals surface area contributed by atoms with Crippen LogP contribution < -0.4 is 4.90 Å². The van der Waals surface area contributed by atoms with Crippen LogP contribution in [0.2, 0.25) is 10.0 Å². The molecule has 0 bridgehead atoms. The van der Waals surface area contributed by atoms with Crippen molar-refractivity contribution >= 4 is 56.6 Å². The third-order valence-corrected chi connectivity index (χ3v) is 6.00. The van der Waals surface area contributed by atoms with Gasteiger partial charge >= 0.3 is 5.97 Å². The lowest BCUT2D eigenvalue weighted by atomic mass is 9.82. The SMILES string of the molecule is CCOC(=O)C1(O)CN(c2ccc(Br)cc2F)C(C(C)(C)c2c(Cl)cccc2Cl)=N1. The molecule has 0 spiro atoms. The highest BCUT2D eigenvalue weighted by molar-refractivity contribution is 9.10. The van der Waals surface area contributed by atoms with Gasteiger partial charge in [0.1, 0.15) is 11.7 Å². The molecule has 0 saturated heterocycles. The molecule has 0 fully saturated rings. The molecule has 160 valence electrons. The van der Waals surface area contributed by atoms with Crippen LogP contribution in [0.15, 0.2) is 45.9 Å². The van der Waals surface area contributed by atoms with E-state index in [1.807, 2.05) is 0 Å². The Hall–Kier alpha value is -1.67. The Morgan fingerprint density at radius 3 is 2.53 bits per heavy atom. The van der Waals surface area contributed by atoms with E-state index in [1.54, 1.807) is 45.0 Å². The normalized spacial score (nSPS) is 19.1. The van der Waals surface area contributed by atoms with E-state index in [2.05, 4.69) is 20.9 Å². The highest BCUT2D eigenvalue weighted by Crippen LogP contribution is 2.42. The number of benzene rings is 2. The molecule has 1 aliphatic rings. The quantitative estimate of drug-likeness (QED) is 0.543. The van der Waals surface area contributed by atoms with E-state index >= 15 is 0 Å². The second-order valence-electron chi connectivity index (χ2n) is 7.38. The fraction of sp³-hybridized carbons (Fsp3) is 0.333. The zero-order valence-electron chi connectivity index (χ0n) is 16.5. The van der Waals surface area contributed by atoms with Gasteiger partial charge in [0, 0.05) is 20.1 Å². The first-order valence-electron chi connectivity index (χ1n) is 9.18. The Bertz CT molecular complexity index is 1010. The molecule has 30 heavy (non-hydrogen) atoms. The second-order valence-corrected chi connectivity index (χ2v) is 9.11. The molecule has 0 aromatic heterocycles. The van der Waals surface area contributed by atoms with E-state index in [4.69, 9.17) is 27.9 Å². The number of halogens is 4. The molecule has 1 atom stereocenters. The molecule has 0 aliphatic carbocycles. The number of carbonyl (C=O) groups excluding carboxylic acids is 1. The molecule has 0 saturated carbocycles. The average molecular weight is 518 g/mol. The van der Waals surface area contributed by atoms with Gasteiger partial charge in [-0.1, -0.05) is 45.2 Å². The van der Waals surface area contributed by atoms with Crippen LogP contribution in [-0.4, -0.2) is 35.8 Å². The molecular formula is C21H20BrCl2FN2O3. The lowest BCUT2D eigenvalue weighted by Crippen LogP contribution is -2.46. The number of aliphatic imine (C=N–C) groups is 1. The topological polar surface area (TPSA) is 62.1 Å². The van der Waals surface area contributed by atoms with Crippen LogP contribution in [0.25, 0.3) is 0 Å². The Morgan fingerprint density at radius 2 is 1.97 bits per heavy atom. The molecule has 0 amide bonds. The van der Waals surface area contributed by atoms with Gasteiger partial charge in [0.25, 0.3) is 5.72 Å². The molecule has 9 heteroatoms. The minimum absolute atomic E-state index is 0.0678. The van der Waals surface area contributed by atoms with E-state index in [1.165, 1.54) is 17.0 Å². The first-order chi connectivity index (χ1) is 14.0. The molecule has 1 heterocycles. The van der Waals surface area contributed by atoms with E-state index in [-0.39, 0.29) is 24.7 Å². The predicted molar refractivity (Wildman–Crippen MR) is 120 cm³/mol. The van der Waals surface area contributed by atoms with Gasteiger partial charge in [-0.25, -0.2) is 14.2 Å². The number of hydrogen-bond acceptors (Lipinski definition) is 5. The third-order valence-electron chi connectivity index (χ3n) is 4.87. The third kappa shape index (κ3) is 4.08. The van der Waals surface area contributed by atoms with Gasteiger partial charge < -0.3 is 14.7 Å². The van der Waals surface area contributed by atoms with Crippen LogP contribution in [0.3, 0.4) is 0 Å². The van der Waals surface area contributed by atoms with Crippen molar-refractivity contribution in [3.8, 4) is 0 Å². The zero-order valence-corrected chi connectivity index (χ0v) is 19.6. The Kier molecular flexibility index (Phi) is 6.49. The van der Waals surface area contributed by atoms with Crippen molar-refractivity contribution in [2.45, 2.75) is 31.9 Å². The summed E-state index contributed by atoms with van der Waals surface area (Å²) in [6.45, 7) is 4.96. The van der Waals surface area contributed by atoms with Gasteiger partial charge in [-0.05, 0) is 51.1 Å². The molecule has 1 aliphatic heterocycles. The number of amidine groups is 1. The van der Waals surface area contributed by atoms with Crippen molar-refractivity contribution in [3.63, 3.8) is 0 Å². The first kappa shape index (κ1) is 23.0. The monoisotopic (exact) mass is 516 g/mol. The molecule has 0 radical (unpaired) electrons. The van der Waals surface area contributed by atoms with Crippen LogP contribution in [0.5, 0.6) is 0 Å². The fourth-order valence-corrected chi connectivity index (χ4v) is 4.71. The number of β-amino-alcohol motifs (C(OH)–C–C–N with tert-alkyl or cyclic N) is 1. The fourth-order valence-electron chi connectivity index (χ4n) is 3.51. The number of ether oxygens (including phenoxy) is 1. The van der Waals surface area contributed by atoms with Crippen LogP contribution >= 0.6 is 39.1 Å². The highest BCUT2D eigenvalue weighted by Gasteiger charge is 2.51. The number of rotatable bonds is 5. The minimum atomic E-state index is -2.20. The van der Waals surface area contributed by atoms with Crippen LogP contribution in [0.4, 0.5) is 10.1 Å². The van der Waals surface area contributed by atoms with Crippen molar-refractivity contribution in [2.75, 3.05) is 18.1 Å². The van der Waals surface area contributed by atoms with Crippen molar-refractivity contribution in [3.05, 3.63) is 62.3 Å². The summed E-state index contributed by atoms with van der Waals surface area (Å²) >= 11 is 16.1. The Balaban J connectivity index is 2.20. The van der Waals surface area contributed by atoms with Gasteiger partial charge in [-0.15, -0.1) is 0 Å². The van der Waals surface area contributed by atoms with Gasteiger partial charge in [0.15, 0.2) is 0 Å². The molecule has 3 rings (SSSR count). The lowest BCUT2D eigenvalue weighted by molar-refractivity contribution is -0.162. The first-order valence-corrected chi connectivity index (χ1v) is 10.7. The van der Waals surface area contributed by atoms with Crippen molar-refractivity contribution in [1.29, 1.82) is 0 Å². The number of aliphatic hydroxyl groups is 1. The molecule has 1 unspecified atom stereocenters. The van der Waals surface area contributed by atoms with Crippen LogP contribution in [-0.2, 0) is 14.9 Å². The standard InChI is InChI=1S/C21H20BrCl2FN2O3/c1-4-30-19(28)21(29)11-27(16-9-8-12(22)10-15(16)25)18(26-21)20(2,3)17-13(23)6-5-7-14(17)24/h5-10,29H,4,11H2,1-3H3. The molecule has 1 N–H and O–H groups in total. The maximum atomic E-state index is 14.8. The van der Waals surface area contributed by atoms with Crippen LogP contribution in [0, 0.1) is 5.82 Å². The minimum Gasteiger partial charge on any atom is -0.462 e. The summed E-state index contributed by atoms with van der Waals surface area (Å²) in [5, 5.41) is 11.8. The number of hydrogen-bond donors (Lipinski definition) is 1. The highest BCUT2D eigenvalue weighted by atomic mass is 79.9. The smallest absolute Gasteiger partial charge is 0.363 e. The van der Waals surface area contributed by atoms with E-state index < -0.39 is 22.9 Å². The molecule has 2 aromatic carbocycles. The maximum Gasteiger partial charge on any atom is 0.363 e. The predicted octanol–water partition coefficient (Wildman–Crippen LogP) is 5.34. The van der Waals surface area contributed by atoms with Crippen molar-refractivity contribution in [2.24, 2.45) is 4.99 Å². The lowest BCUT2D eigenvalue weighted by Gasteiger charge is -2.33. The summed E-state index contributed by atoms with van der Waals surface area (Å²) < 4.78 is 20.4. The van der Waals surface area contributed by atoms with Crippen molar-refractivity contribution < 1.29 is 19.0 Å². The Labute approximate surface area is 192 Å². The molecule has 2 aromatic rings. The largest absolute Gasteiger partial charge is 0.462 e. The van der Waals surface area contributed by atoms with Crippen LogP contribution in [0.1, 0.15) is 26.3 Å². The number of nitrogens with zero attached hydrogens (tertiary/aromatic N) is 2. The maximum absolute atomic E-state index is 14.8. The summed E-state index contributed by atoms with van der Waals surface area (Å²) in [4.78, 5) is 18.2. The number of anilines is 1. The zero-order chi connectivity index (χ0) is 22.3. The summed E-state index contributed by atoms with van der Waals surface area (Å²) in [6, 6.07) is 9.57. The van der Waals surface area contributed by atoms with Gasteiger partial charge in [0.05, 0.1) is 24.3 Å². The second kappa shape index (κ2) is 8.46. The van der Waals surface area contributed by atoms with E-state index in [0.29, 0.717) is 20.1 Å². The average Bonchev–Trinajstić information content (AvgIpc) is 3.01. The Morgan fingerprint density at radius 1 is 1.33 bits per heavy atom. The van der Waals surface area contributed by atoms with E-state index in [9.17, 15) is 14.3 Å².